The molecule has 2 fully saturated rings. The van der Waals surface area contributed by atoms with Gasteiger partial charge in [-0.1, -0.05) is 31.2 Å². The molecule has 8 heteroatoms. The van der Waals surface area contributed by atoms with Crippen LogP contribution < -0.4 is 0 Å². The van der Waals surface area contributed by atoms with Gasteiger partial charge in [-0.2, -0.15) is 0 Å². The number of fused-ring (bicyclic) bond motifs is 2. The average molecular weight is 432 g/mol. The Labute approximate surface area is 183 Å². The van der Waals surface area contributed by atoms with Crippen molar-refractivity contribution >= 4 is 17.7 Å². The quantitative estimate of drug-likeness (QED) is 0.643. The van der Waals surface area contributed by atoms with Crippen LogP contribution in [0.2, 0.25) is 0 Å². The summed E-state index contributed by atoms with van der Waals surface area (Å²) in [5.74, 6) is -2.14. The molecule has 2 saturated heterocycles. The Morgan fingerprint density at radius 1 is 1.06 bits per heavy atom. The van der Waals surface area contributed by atoms with Gasteiger partial charge >= 0.3 is 0 Å². The zero-order valence-electron chi connectivity index (χ0n) is 18.8. The van der Waals surface area contributed by atoms with Crippen molar-refractivity contribution in [3.8, 4) is 0 Å². The van der Waals surface area contributed by atoms with Crippen molar-refractivity contribution in [2.24, 2.45) is 11.8 Å². The predicted octanol–water partition coefficient (Wildman–Crippen LogP) is 0.565. The van der Waals surface area contributed by atoms with E-state index in [1.54, 1.807) is 9.80 Å². The SMILES string of the molecule is CCCN1CC=C[C@]2(C)O[C@]34C=CCN(C(C)C)C(=O)C3N(CCO)C(=O)[C@@H]4[C@@H]2C1=O. The van der Waals surface area contributed by atoms with Gasteiger partial charge in [-0.15, -0.1) is 0 Å². The van der Waals surface area contributed by atoms with E-state index in [4.69, 9.17) is 4.74 Å². The van der Waals surface area contributed by atoms with Crippen LogP contribution in [0.1, 0.15) is 34.1 Å². The van der Waals surface area contributed by atoms with E-state index in [1.165, 1.54) is 4.90 Å². The number of likely N-dealkylation sites (tertiary alicyclic amines) is 1. The van der Waals surface area contributed by atoms with E-state index in [9.17, 15) is 19.5 Å². The van der Waals surface area contributed by atoms with Crippen molar-refractivity contribution in [3.05, 3.63) is 24.3 Å². The summed E-state index contributed by atoms with van der Waals surface area (Å²) in [4.78, 5) is 46.0. The second-order valence-corrected chi connectivity index (χ2v) is 9.43. The number of aliphatic hydroxyl groups is 1. The van der Waals surface area contributed by atoms with Crippen molar-refractivity contribution in [2.45, 2.75) is 57.4 Å². The summed E-state index contributed by atoms with van der Waals surface area (Å²) >= 11 is 0. The first-order valence-electron chi connectivity index (χ1n) is 11.3. The maximum atomic E-state index is 13.7. The molecule has 0 aromatic carbocycles. The number of nitrogens with zero attached hydrogens (tertiary/aromatic N) is 3. The minimum absolute atomic E-state index is 0.0305. The molecule has 0 aromatic rings. The zero-order chi connectivity index (χ0) is 22.6. The van der Waals surface area contributed by atoms with E-state index >= 15 is 0 Å². The molecular formula is C23H33N3O5. The lowest BCUT2D eigenvalue weighted by Crippen LogP contribution is -2.57. The Kier molecular flexibility index (Phi) is 5.50. The van der Waals surface area contributed by atoms with Crippen LogP contribution in [0.3, 0.4) is 0 Å². The zero-order valence-corrected chi connectivity index (χ0v) is 18.8. The van der Waals surface area contributed by atoms with Gasteiger partial charge in [0.1, 0.15) is 11.6 Å². The summed E-state index contributed by atoms with van der Waals surface area (Å²) in [6, 6.07) is -0.954. The van der Waals surface area contributed by atoms with Gasteiger partial charge in [0.05, 0.1) is 24.0 Å². The van der Waals surface area contributed by atoms with Crippen LogP contribution in [0.4, 0.5) is 0 Å². The molecule has 1 spiro atoms. The van der Waals surface area contributed by atoms with Crippen LogP contribution in [0.25, 0.3) is 0 Å². The van der Waals surface area contributed by atoms with Crippen molar-refractivity contribution in [1.82, 2.24) is 14.7 Å². The molecule has 8 nitrogen and oxygen atoms in total. The number of hydrogen-bond donors (Lipinski definition) is 1. The second-order valence-electron chi connectivity index (χ2n) is 9.43. The third-order valence-corrected chi connectivity index (χ3v) is 7.13. The third-order valence-electron chi connectivity index (χ3n) is 7.13. The molecule has 4 heterocycles. The highest BCUT2D eigenvalue weighted by Crippen LogP contribution is 2.57. The molecule has 0 saturated carbocycles. The standard InChI is InChI=1S/C23H33N3O5/c1-5-10-24-11-6-8-22(4)16(19(24)28)17-20(29)26(13-14-27)18-21(30)25(15(2)3)12-7-9-23(17,18)31-22/h6-9,15-18,27H,5,10-14H2,1-4H3/t16-,17+,18?,22+,23+/m1/s1. The number of rotatable bonds is 5. The van der Waals surface area contributed by atoms with Crippen molar-refractivity contribution in [3.63, 3.8) is 0 Å². The molecular weight excluding hydrogens is 398 g/mol. The summed E-state index contributed by atoms with van der Waals surface area (Å²) in [6.45, 7) is 9.00. The number of ether oxygens (including phenoxy) is 1. The molecule has 0 radical (unpaired) electrons. The molecule has 0 bridgehead atoms. The van der Waals surface area contributed by atoms with Crippen molar-refractivity contribution < 1.29 is 24.2 Å². The maximum absolute atomic E-state index is 13.7. The average Bonchev–Trinajstić information content (AvgIpc) is 2.96. The van der Waals surface area contributed by atoms with Crippen LogP contribution in [0.5, 0.6) is 0 Å². The topological polar surface area (TPSA) is 90.4 Å². The number of amides is 3. The lowest BCUT2D eigenvalue weighted by atomic mass is 9.74. The summed E-state index contributed by atoms with van der Waals surface area (Å²) in [5.41, 5.74) is -2.22. The van der Waals surface area contributed by atoms with Crippen LogP contribution in [0, 0.1) is 11.8 Å². The lowest BCUT2D eigenvalue weighted by molar-refractivity contribution is -0.153. The first-order chi connectivity index (χ1) is 14.7. The van der Waals surface area contributed by atoms with Gasteiger partial charge in [0.25, 0.3) is 0 Å². The molecule has 4 aliphatic heterocycles. The normalized spacial score (nSPS) is 37.3. The molecule has 0 aliphatic carbocycles. The van der Waals surface area contributed by atoms with E-state index in [1.807, 2.05) is 52.0 Å². The highest BCUT2D eigenvalue weighted by molar-refractivity contribution is 6.00. The van der Waals surface area contributed by atoms with Gasteiger partial charge in [-0.05, 0) is 27.2 Å². The molecule has 4 rings (SSSR count). The Hall–Kier alpha value is -2.19. The Morgan fingerprint density at radius 3 is 2.42 bits per heavy atom. The molecule has 1 N–H and O–H groups in total. The van der Waals surface area contributed by atoms with E-state index < -0.39 is 29.1 Å². The Bertz CT molecular complexity index is 839. The van der Waals surface area contributed by atoms with E-state index in [2.05, 4.69) is 0 Å². The summed E-state index contributed by atoms with van der Waals surface area (Å²) in [7, 11) is 0. The van der Waals surface area contributed by atoms with Gasteiger partial charge in [0.2, 0.25) is 17.7 Å². The monoisotopic (exact) mass is 431 g/mol. The molecule has 1 unspecified atom stereocenters. The molecule has 3 amide bonds. The predicted molar refractivity (Wildman–Crippen MR) is 114 cm³/mol. The van der Waals surface area contributed by atoms with Gasteiger partial charge in [0, 0.05) is 32.2 Å². The Morgan fingerprint density at radius 2 is 1.77 bits per heavy atom. The smallest absolute Gasteiger partial charge is 0.249 e. The van der Waals surface area contributed by atoms with Crippen LogP contribution >= 0.6 is 0 Å². The van der Waals surface area contributed by atoms with Crippen molar-refractivity contribution in [2.75, 3.05) is 32.8 Å². The maximum Gasteiger partial charge on any atom is 0.249 e. The number of carbonyl (C=O) groups is 3. The van der Waals surface area contributed by atoms with Crippen molar-refractivity contribution in [1.29, 1.82) is 0 Å². The molecule has 5 atom stereocenters. The van der Waals surface area contributed by atoms with Gasteiger partial charge < -0.3 is 24.5 Å². The van der Waals surface area contributed by atoms with E-state index in [-0.39, 0.29) is 36.9 Å². The molecule has 31 heavy (non-hydrogen) atoms. The minimum Gasteiger partial charge on any atom is -0.395 e. The molecule has 4 aliphatic rings. The fourth-order valence-electron chi connectivity index (χ4n) is 5.87. The number of β-amino-alcohol motifs (C(OH)–C–C–N with tert-alkyl or cyclic N) is 1. The summed E-state index contributed by atoms with van der Waals surface area (Å²) < 4.78 is 6.66. The molecule has 170 valence electrons. The van der Waals surface area contributed by atoms with Gasteiger partial charge in [-0.3, -0.25) is 14.4 Å². The van der Waals surface area contributed by atoms with Crippen LogP contribution in [0.15, 0.2) is 24.3 Å². The first kappa shape index (κ1) is 22.0. The Balaban J connectivity index is 1.86. The lowest BCUT2D eigenvalue weighted by Gasteiger charge is -2.38. The number of hydrogen-bond acceptors (Lipinski definition) is 5. The van der Waals surface area contributed by atoms with Gasteiger partial charge in [0.15, 0.2) is 0 Å². The third kappa shape index (κ3) is 3.06. The summed E-state index contributed by atoms with van der Waals surface area (Å²) in [5, 5.41) is 9.66. The molecule has 0 aromatic heterocycles. The number of aliphatic hydroxyl groups excluding tert-OH is 1. The highest BCUT2D eigenvalue weighted by Gasteiger charge is 2.74. The van der Waals surface area contributed by atoms with E-state index in [0.717, 1.165) is 6.42 Å². The van der Waals surface area contributed by atoms with E-state index in [0.29, 0.717) is 19.6 Å². The highest BCUT2D eigenvalue weighted by atomic mass is 16.5. The fourth-order valence-corrected chi connectivity index (χ4v) is 5.87. The van der Waals surface area contributed by atoms with Crippen LogP contribution in [-0.2, 0) is 19.1 Å². The first-order valence-corrected chi connectivity index (χ1v) is 11.3. The summed E-state index contributed by atoms with van der Waals surface area (Å²) in [6.07, 6.45) is 8.35. The van der Waals surface area contributed by atoms with Gasteiger partial charge in [-0.25, -0.2) is 0 Å². The number of carbonyl (C=O) groups excluding carboxylic acids is 3. The fraction of sp³-hybridized carbons (Fsp3) is 0.696. The largest absolute Gasteiger partial charge is 0.395 e. The minimum atomic E-state index is -1.23. The second kappa shape index (κ2) is 7.74. The van der Waals surface area contributed by atoms with Crippen LogP contribution in [-0.4, -0.2) is 93.6 Å².